The summed E-state index contributed by atoms with van der Waals surface area (Å²) in [6.07, 6.45) is 6.45. The van der Waals surface area contributed by atoms with Crippen LogP contribution in [-0.4, -0.2) is 33.8 Å². The summed E-state index contributed by atoms with van der Waals surface area (Å²) in [5.41, 5.74) is 0.696. The molecule has 0 atom stereocenters. The average molecular weight is 319 g/mol. The third kappa shape index (κ3) is 4.92. The summed E-state index contributed by atoms with van der Waals surface area (Å²) in [5.74, 6) is 0.545. The molecule has 0 amide bonds. The van der Waals surface area contributed by atoms with Gasteiger partial charge in [0.05, 0.1) is 11.1 Å². The molecule has 3 rings (SSSR count). The molecule has 0 saturated heterocycles. The summed E-state index contributed by atoms with van der Waals surface area (Å²) in [6.45, 7) is 0. The second-order valence-corrected chi connectivity index (χ2v) is 5.52. The Labute approximate surface area is 126 Å². The number of nitrogens with one attached hydrogen (secondary N) is 2. The first kappa shape index (κ1) is 15.5. The molecule has 114 valence electrons. The van der Waals surface area contributed by atoms with E-state index in [4.69, 9.17) is 5.14 Å². The maximum atomic E-state index is 11.0. The molecule has 0 aliphatic rings. The van der Waals surface area contributed by atoms with E-state index in [-0.39, 0.29) is 4.90 Å². The molecule has 0 radical (unpaired) electrons. The predicted octanol–water partition coefficient (Wildman–Crippen LogP) is 0.672. The lowest BCUT2D eigenvalue weighted by atomic mass is 10.3. The molecule has 0 aliphatic heterocycles. The van der Waals surface area contributed by atoms with E-state index in [1.54, 1.807) is 36.8 Å². The summed E-state index contributed by atoms with van der Waals surface area (Å²) in [6, 6.07) is 7.79. The van der Waals surface area contributed by atoms with Crippen LogP contribution in [0.3, 0.4) is 0 Å². The summed E-state index contributed by atoms with van der Waals surface area (Å²) >= 11 is 0. The van der Waals surface area contributed by atoms with Gasteiger partial charge in [0.2, 0.25) is 10.0 Å². The summed E-state index contributed by atoms with van der Waals surface area (Å²) in [4.78, 5) is 7.42. The summed E-state index contributed by atoms with van der Waals surface area (Å²) in [7, 11) is -3.64. The van der Waals surface area contributed by atoms with Crippen molar-refractivity contribution in [2.24, 2.45) is 5.14 Å². The van der Waals surface area contributed by atoms with Crippen molar-refractivity contribution in [3.05, 3.63) is 55.2 Å². The van der Waals surface area contributed by atoms with E-state index in [0.717, 1.165) is 0 Å². The van der Waals surface area contributed by atoms with Gasteiger partial charge < -0.3 is 5.32 Å². The van der Waals surface area contributed by atoms with Crippen molar-refractivity contribution in [3.63, 3.8) is 0 Å². The minimum atomic E-state index is -3.64. The number of hydrogen-bond acceptors (Lipinski definition) is 7. The highest BCUT2D eigenvalue weighted by Gasteiger charge is 2.06. The van der Waals surface area contributed by atoms with Crippen molar-refractivity contribution < 1.29 is 8.42 Å². The molecule has 0 unspecified atom stereocenters. The standard InChI is InChI=1S/C8H9N5O2S.C4H4N2/c9-16(14,15)7-3-1-6(2-4-7)11-8-5-10-13-12-8;1-2-5-4-6-3-1/h1-5H,(H2,9,14,15)(H2,10,11,12,13);1-4H. The lowest BCUT2D eigenvalue weighted by Gasteiger charge is -2.02. The molecule has 0 saturated carbocycles. The van der Waals surface area contributed by atoms with Crippen LogP contribution >= 0.6 is 0 Å². The van der Waals surface area contributed by atoms with Gasteiger partial charge in [0.15, 0.2) is 5.82 Å². The van der Waals surface area contributed by atoms with Crippen molar-refractivity contribution >= 4 is 21.5 Å². The molecule has 1 aromatic carbocycles. The van der Waals surface area contributed by atoms with Gasteiger partial charge in [0.1, 0.15) is 6.33 Å². The maximum Gasteiger partial charge on any atom is 0.238 e. The molecule has 10 heteroatoms. The van der Waals surface area contributed by atoms with E-state index < -0.39 is 10.0 Å². The Bertz CT molecular complexity index is 747. The number of primary sulfonamides is 1. The number of aromatic amines is 1. The van der Waals surface area contributed by atoms with E-state index >= 15 is 0 Å². The zero-order valence-electron chi connectivity index (χ0n) is 11.3. The number of sulfonamides is 1. The van der Waals surface area contributed by atoms with Crippen LogP contribution in [0.4, 0.5) is 11.5 Å². The van der Waals surface area contributed by atoms with Crippen molar-refractivity contribution in [1.29, 1.82) is 0 Å². The van der Waals surface area contributed by atoms with Gasteiger partial charge in [-0.25, -0.2) is 23.5 Å². The first-order valence-electron chi connectivity index (χ1n) is 6.02. The molecule has 9 nitrogen and oxygen atoms in total. The second-order valence-electron chi connectivity index (χ2n) is 3.96. The van der Waals surface area contributed by atoms with Crippen molar-refractivity contribution in [2.75, 3.05) is 5.32 Å². The highest BCUT2D eigenvalue weighted by atomic mass is 32.2. The molecule has 0 aliphatic carbocycles. The number of H-pyrrole nitrogens is 1. The van der Waals surface area contributed by atoms with Crippen LogP contribution in [0.15, 0.2) is 60.1 Å². The average Bonchev–Trinajstić information content (AvgIpc) is 3.02. The minimum Gasteiger partial charge on any atom is -0.337 e. The van der Waals surface area contributed by atoms with Crippen molar-refractivity contribution in [3.8, 4) is 0 Å². The number of hydrogen-bond donors (Lipinski definition) is 3. The first-order chi connectivity index (χ1) is 10.6. The van der Waals surface area contributed by atoms with E-state index in [2.05, 4.69) is 30.7 Å². The van der Waals surface area contributed by atoms with Gasteiger partial charge in [-0.2, -0.15) is 0 Å². The Kier molecular flexibility index (Phi) is 5.11. The quantitative estimate of drug-likeness (QED) is 0.644. The zero-order valence-corrected chi connectivity index (χ0v) is 12.1. The number of aromatic nitrogens is 5. The maximum absolute atomic E-state index is 11.0. The smallest absolute Gasteiger partial charge is 0.238 e. The molecule has 4 N–H and O–H groups in total. The fourth-order valence-corrected chi connectivity index (χ4v) is 1.91. The van der Waals surface area contributed by atoms with Crippen molar-refractivity contribution in [2.45, 2.75) is 4.90 Å². The molecule has 3 aromatic rings. The molecule has 2 heterocycles. The summed E-state index contributed by atoms with van der Waals surface area (Å²) < 4.78 is 22.0. The first-order valence-corrected chi connectivity index (χ1v) is 7.56. The van der Waals surface area contributed by atoms with E-state index in [1.807, 2.05) is 0 Å². The van der Waals surface area contributed by atoms with Crippen LogP contribution in [0.1, 0.15) is 0 Å². The predicted molar refractivity (Wildman–Crippen MR) is 79.5 cm³/mol. The van der Waals surface area contributed by atoms with Crippen LogP contribution in [0, 0.1) is 0 Å². The van der Waals surface area contributed by atoms with Gasteiger partial charge in [-0.15, -0.1) is 5.10 Å². The number of rotatable bonds is 3. The zero-order chi connectivity index (χ0) is 15.8. The fourth-order valence-electron chi connectivity index (χ4n) is 1.39. The highest BCUT2D eigenvalue weighted by Crippen LogP contribution is 2.15. The Morgan fingerprint density at radius 1 is 1.09 bits per heavy atom. The molecular formula is C12H13N7O2S. The Morgan fingerprint density at radius 2 is 1.77 bits per heavy atom. The molecule has 2 aromatic heterocycles. The molecule has 0 bridgehead atoms. The van der Waals surface area contributed by atoms with Crippen LogP contribution < -0.4 is 10.5 Å². The monoisotopic (exact) mass is 319 g/mol. The van der Waals surface area contributed by atoms with Gasteiger partial charge in [-0.3, -0.25) is 5.10 Å². The third-order valence-corrected chi connectivity index (χ3v) is 3.28. The van der Waals surface area contributed by atoms with Gasteiger partial charge in [-0.1, -0.05) is 5.21 Å². The molecule has 0 fully saturated rings. The minimum absolute atomic E-state index is 0.0678. The topological polar surface area (TPSA) is 140 Å². The molecule has 0 spiro atoms. The van der Waals surface area contributed by atoms with Gasteiger partial charge in [0.25, 0.3) is 0 Å². The lowest BCUT2D eigenvalue weighted by molar-refractivity contribution is 0.598. The van der Waals surface area contributed by atoms with Crippen LogP contribution in [0.2, 0.25) is 0 Å². The highest BCUT2D eigenvalue weighted by molar-refractivity contribution is 7.89. The van der Waals surface area contributed by atoms with E-state index in [9.17, 15) is 8.42 Å². The number of anilines is 2. The molecule has 22 heavy (non-hydrogen) atoms. The SMILES string of the molecule is NS(=O)(=O)c1ccc(Nc2c[nH]nn2)cc1.c1cncnc1. The van der Waals surface area contributed by atoms with Crippen LogP contribution in [0.25, 0.3) is 0 Å². The third-order valence-electron chi connectivity index (χ3n) is 2.35. The van der Waals surface area contributed by atoms with E-state index in [1.165, 1.54) is 18.5 Å². The largest absolute Gasteiger partial charge is 0.337 e. The number of nitrogens with zero attached hydrogens (tertiary/aromatic N) is 4. The van der Waals surface area contributed by atoms with E-state index in [0.29, 0.717) is 11.5 Å². The van der Waals surface area contributed by atoms with Gasteiger partial charge in [0, 0.05) is 18.1 Å². The Balaban J connectivity index is 0.000000246. The normalized spacial score (nSPS) is 10.4. The summed E-state index contributed by atoms with van der Waals surface area (Å²) in [5, 5.41) is 17.7. The molecular weight excluding hydrogens is 306 g/mol. The fraction of sp³-hybridized carbons (Fsp3) is 0. The van der Waals surface area contributed by atoms with Gasteiger partial charge in [-0.05, 0) is 30.3 Å². The Morgan fingerprint density at radius 3 is 2.18 bits per heavy atom. The number of benzene rings is 1. The Hall–Kier alpha value is -2.85. The van der Waals surface area contributed by atoms with Crippen molar-refractivity contribution in [1.82, 2.24) is 25.4 Å². The van der Waals surface area contributed by atoms with Crippen LogP contribution in [0.5, 0.6) is 0 Å². The second kappa shape index (κ2) is 7.24. The lowest BCUT2D eigenvalue weighted by Crippen LogP contribution is -2.11. The number of nitrogens with two attached hydrogens (primary N) is 1. The van der Waals surface area contributed by atoms with Gasteiger partial charge >= 0.3 is 0 Å². The van der Waals surface area contributed by atoms with Crippen LogP contribution in [-0.2, 0) is 10.0 Å².